The normalized spacial score (nSPS) is 12.9. The van der Waals surface area contributed by atoms with E-state index in [0.717, 1.165) is 11.3 Å². The molecule has 0 unspecified atom stereocenters. The van der Waals surface area contributed by atoms with Gasteiger partial charge in [-0.05, 0) is 51.5 Å². The third kappa shape index (κ3) is 5.63. The molecule has 0 fully saturated rings. The summed E-state index contributed by atoms with van der Waals surface area (Å²) in [4.78, 5) is 26.1. The van der Waals surface area contributed by atoms with E-state index in [-0.39, 0.29) is 23.1 Å². The maximum absolute atomic E-state index is 12.6. The molecular weight excluding hydrogens is 344 g/mol. The lowest BCUT2D eigenvalue weighted by Gasteiger charge is -2.16. The zero-order valence-corrected chi connectivity index (χ0v) is 16.5. The molecule has 4 nitrogen and oxygen atoms in total. The van der Waals surface area contributed by atoms with Crippen LogP contribution in [0.25, 0.3) is 0 Å². The Morgan fingerprint density at radius 1 is 1.04 bits per heavy atom. The van der Waals surface area contributed by atoms with Crippen LogP contribution in [0, 0.1) is 6.92 Å². The van der Waals surface area contributed by atoms with Crippen LogP contribution in [-0.2, 0) is 4.79 Å². The third-order valence-corrected chi connectivity index (χ3v) is 5.23. The minimum Gasteiger partial charge on any atom is -0.350 e. The van der Waals surface area contributed by atoms with Crippen molar-refractivity contribution in [2.24, 2.45) is 0 Å². The molecule has 0 aliphatic heterocycles. The number of nitrogens with one attached hydrogen (secondary N) is 2. The van der Waals surface area contributed by atoms with Gasteiger partial charge in [-0.2, -0.15) is 0 Å². The molecule has 0 aliphatic carbocycles. The van der Waals surface area contributed by atoms with Gasteiger partial charge < -0.3 is 10.6 Å². The van der Waals surface area contributed by atoms with E-state index in [1.165, 1.54) is 17.3 Å². The van der Waals surface area contributed by atoms with Crippen LogP contribution in [0.2, 0.25) is 0 Å². The molecule has 2 N–H and O–H groups in total. The minimum atomic E-state index is -0.275. The zero-order chi connectivity index (χ0) is 19.1. The highest BCUT2D eigenvalue weighted by Gasteiger charge is 2.18. The average molecular weight is 371 g/mol. The number of benzene rings is 2. The summed E-state index contributed by atoms with van der Waals surface area (Å²) in [7, 11) is 0. The van der Waals surface area contributed by atoms with E-state index in [4.69, 9.17) is 0 Å². The van der Waals surface area contributed by atoms with Crippen molar-refractivity contribution in [2.75, 3.05) is 5.32 Å². The molecule has 2 aromatic rings. The van der Waals surface area contributed by atoms with Crippen LogP contribution in [0.3, 0.4) is 0 Å². The molecule has 2 rings (SSSR count). The van der Waals surface area contributed by atoms with Crippen molar-refractivity contribution in [3.63, 3.8) is 0 Å². The highest BCUT2D eigenvalue weighted by molar-refractivity contribution is 8.00. The topological polar surface area (TPSA) is 58.2 Å². The Morgan fingerprint density at radius 2 is 1.69 bits per heavy atom. The number of hydrogen-bond donors (Lipinski definition) is 2. The Kier molecular flexibility index (Phi) is 7.27. The molecule has 0 saturated carbocycles. The lowest BCUT2D eigenvalue weighted by atomic mass is 10.1. The lowest BCUT2D eigenvalue weighted by molar-refractivity contribution is -0.115. The lowest BCUT2D eigenvalue weighted by Crippen LogP contribution is -2.33. The van der Waals surface area contributed by atoms with Crippen LogP contribution < -0.4 is 10.6 Å². The molecule has 0 aromatic heterocycles. The zero-order valence-electron chi connectivity index (χ0n) is 15.7. The molecule has 5 heteroatoms. The van der Waals surface area contributed by atoms with Crippen molar-refractivity contribution < 1.29 is 9.59 Å². The molecule has 138 valence electrons. The monoisotopic (exact) mass is 370 g/mol. The van der Waals surface area contributed by atoms with Gasteiger partial charge >= 0.3 is 0 Å². The Balaban J connectivity index is 2.06. The number of thioether (sulfide) groups is 1. The molecule has 2 aromatic carbocycles. The molecule has 2 amide bonds. The molecule has 0 heterocycles. The molecule has 0 spiro atoms. The van der Waals surface area contributed by atoms with Crippen molar-refractivity contribution in [3.05, 3.63) is 59.7 Å². The first-order chi connectivity index (χ1) is 12.4. The summed E-state index contributed by atoms with van der Waals surface area (Å²) in [6.07, 6.45) is 0.852. The number of anilines is 1. The summed E-state index contributed by atoms with van der Waals surface area (Å²) < 4.78 is 0. The van der Waals surface area contributed by atoms with Crippen LogP contribution in [0.4, 0.5) is 5.69 Å². The smallest absolute Gasteiger partial charge is 0.253 e. The van der Waals surface area contributed by atoms with Crippen LogP contribution in [0.15, 0.2) is 53.4 Å². The van der Waals surface area contributed by atoms with Gasteiger partial charge in [0.05, 0.1) is 16.5 Å². The van der Waals surface area contributed by atoms with Crippen molar-refractivity contribution in [3.8, 4) is 0 Å². The Hall–Kier alpha value is -2.27. The summed E-state index contributed by atoms with van der Waals surface area (Å²) >= 11 is 1.50. The summed E-state index contributed by atoms with van der Waals surface area (Å²) in [6.45, 7) is 7.87. The Labute approximate surface area is 159 Å². The van der Waals surface area contributed by atoms with E-state index in [9.17, 15) is 9.59 Å². The first-order valence-electron chi connectivity index (χ1n) is 8.84. The van der Waals surface area contributed by atoms with E-state index in [1.54, 1.807) is 18.2 Å². The van der Waals surface area contributed by atoms with E-state index in [0.29, 0.717) is 11.3 Å². The fraction of sp³-hybridized carbons (Fsp3) is 0.333. The molecule has 0 saturated heterocycles. The van der Waals surface area contributed by atoms with Crippen molar-refractivity contribution >= 4 is 29.3 Å². The number of carbonyl (C=O) groups is 2. The SMILES string of the molecule is CC[C@@H](C)NC(=O)c1ccccc1NC(=O)[C@@H](C)Sc1ccc(C)cc1. The number of rotatable bonds is 7. The minimum absolute atomic E-state index is 0.0854. The van der Waals surface area contributed by atoms with Crippen molar-refractivity contribution in [1.29, 1.82) is 0 Å². The van der Waals surface area contributed by atoms with Crippen LogP contribution in [0.5, 0.6) is 0 Å². The van der Waals surface area contributed by atoms with E-state index in [2.05, 4.69) is 10.6 Å². The van der Waals surface area contributed by atoms with Crippen molar-refractivity contribution in [1.82, 2.24) is 5.32 Å². The van der Waals surface area contributed by atoms with Gasteiger partial charge in [-0.1, -0.05) is 36.8 Å². The van der Waals surface area contributed by atoms with E-state index < -0.39 is 0 Å². The predicted octanol–water partition coefficient (Wildman–Crippen LogP) is 4.64. The van der Waals surface area contributed by atoms with Gasteiger partial charge in [0, 0.05) is 10.9 Å². The summed E-state index contributed by atoms with van der Waals surface area (Å²) in [5, 5.41) is 5.56. The highest BCUT2D eigenvalue weighted by atomic mass is 32.2. The number of hydrogen-bond acceptors (Lipinski definition) is 3. The number of amides is 2. The summed E-state index contributed by atoms with van der Waals surface area (Å²) in [5.41, 5.74) is 2.20. The average Bonchev–Trinajstić information content (AvgIpc) is 2.63. The second-order valence-corrected chi connectivity index (χ2v) is 7.80. The summed E-state index contributed by atoms with van der Waals surface area (Å²) in [5.74, 6) is -0.298. The largest absolute Gasteiger partial charge is 0.350 e. The maximum atomic E-state index is 12.6. The fourth-order valence-corrected chi connectivity index (χ4v) is 3.17. The Bertz CT molecular complexity index is 759. The highest BCUT2D eigenvalue weighted by Crippen LogP contribution is 2.25. The van der Waals surface area contributed by atoms with Gasteiger partial charge in [0.15, 0.2) is 0 Å². The first-order valence-corrected chi connectivity index (χ1v) is 9.72. The van der Waals surface area contributed by atoms with Gasteiger partial charge in [0.1, 0.15) is 0 Å². The van der Waals surface area contributed by atoms with Gasteiger partial charge in [0.2, 0.25) is 5.91 Å². The van der Waals surface area contributed by atoms with Crippen LogP contribution in [-0.4, -0.2) is 23.1 Å². The first kappa shape index (κ1) is 20.0. The molecule has 0 aliphatic rings. The molecule has 2 atom stereocenters. The quantitative estimate of drug-likeness (QED) is 0.698. The number of carbonyl (C=O) groups excluding carboxylic acids is 2. The Morgan fingerprint density at radius 3 is 2.35 bits per heavy atom. The second-order valence-electron chi connectivity index (χ2n) is 6.39. The molecule has 26 heavy (non-hydrogen) atoms. The third-order valence-electron chi connectivity index (χ3n) is 4.12. The van der Waals surface area contributed by atoms with E-state index >= 15 is 0 Å². The number of aryl methyl sites for hydroxylation is 1. The van der Waals surface area contributed by atoms with Gasteiger partial charge in [-0.3, -0.25) is 9.59 Å². The van der Waals surface area contributed by atoms with E-state index in [1.807, 2.05) is 58.0 Å². The predicted molar refractivity (Wildman–Crippen MR) is 109 cm³/mol. The second kappa shape index (κ2) is 9.43. The van der Waals surface area contributed by atoms with Crippen molar-refractivity contribution in [2.45, 2.75) is 50.3 Å². The molecular formula is C21H26N2O2S. The molecule has 0 bridgehead atoms. The number of para-hydroxylation sites is 1. The fourth-order valence-electron chi connectivity index (χ4n) is 2.30. The summed E-state index contributed by atoms with van der Waals surface area (Å²) in [6, 6.07) is 15.3. The van der Waals surface area contributed by atoms with Gasteiger partial charge in [0.25, 0.3) is 5.91 Å². The molecule has 0 radical (unpaired) electrons. The van der Waals surface area contributed by atoms with Crippen LogP contribution in [0.1, 0.15) is 43.1 Å². The van der Waals surface area contributed by atoms with Crippen LogP contribution >= 0.6 is 11.8 Å². The van der Waals surface area contributed by atoms with Gasteiger partial charge in [-0.25, -0.2) is 0 Å². The maximum Gasteiger partial charge on any atom is 0.253 e. The van der Waals surface area contributed by atoms with Gasteiger partial charge in [-0.15, -0.1) is 11.8 Å². The standard InChI is InChI=1S/C21H26N2O2S/c1-5-15(3)22-21(25)18-8-6-7-9-19(18)23-20(24)16(4)26-17-12-10-14(2)11-13-17/h6-13,15-16H,5H2,1-4H3,(H,22,25)(H,23,24)/t15-,16-/m1/s1.